The number of benzene rings is 2. The van der Waals surface area contributed by atoms with Gasteiger partial charge in [0, 0.05) is 6.54 Å². The van der Waals surface area contributed by atoms with Crippen LogP contribution >= 0.6 is 0 Å². The fourth-order valence-electron chi connectivity index (χ4n) is 1.60. The molecule has 0 aliphatic carbocycles. The van der Waals surface area contributed by atoms with E-state index in [0.717, 1.165) is 5.56 Å². The van der Waals surface area contributed by atoms with E-state index in [1.165, 1.54) is 12.1 Å². The number of hydrogen-bond donors (Lipinski definition) is 1. The Labute approximate surface area is 111 Å². The van der Waals surface area contributed by atoms with Gasteiger partial charge in [0.25, 0.3) is 0 Å². The lowest BCUT2D eigenvalue weighted by Gasteiger charge is -2.07. The average molecular weight is 259 g/mol. The van der Waals surface area contributed by atoms with Crippen molar-refractivity contribution in [3.8, 4) is 0 Å². The van der Waals surface area contributed by atoms with Crippen LogP contribution in [-0.4, -0.2) is 6.09 Å². The van der Waals surface area contributed by atoms with E-state index in [-0.39, 0.29) is 19.0 Å². The molecule has 0 aromatic heterocycles. The summed E-state index contributed by atoms with van der Waals surface area (Å²) in [6.45, 7) is 0.460. The smallest absolute Gasteiger partial charge is 0.407 e. The molecule has 98 valence electrons. The van der Waals surface area contributed by atoms with E-state index in [1.54, 1.807) is 12.1 Å². The maximum Gasteiger partial charge on any atom is 0.407 e. The number of ether oxygens (including phenoxy) is 1. The van der Waals surface area contributed by atoms with Crippen LogP contribution < -0.4 is 5.32 Å². The first-order valence-corrected chi connectivity index (χ1v) is 5.93. The molecule has 2 aromatic rings. The van der Waals surface area contributed by atoms with Gasteiger partial charge in [-0.25, -0.2) is 9.18 Å². The second-order valence-electron chi connectivity index (χ2n) is 4.05. The van der Waals surface area contributed by atoms with Crippen molar-refractivity contribution >= 4 is 6.09 Å². The molecule has 0 saturated carbocycles. The summed E-state index contributed by atoms with van der Waals surface area (Å²) in [7, 11) is 0. The van der Waals surface area contributed by atoms with Gasteiger partial charge in [-0.15, -0.1) is 0 Å². The van der Waals surface area contributed by atoms with Gasteiger partial charge in [0.2, 0.25) is 0 Å². The first kappa shape index (κ1) is 13.1. The molecule has 0 unspecified atom stereocenters. The van der Waals surface area contributed by atoms with Crippen molar-refractivity contribution in [3.63, 3.8) is 0 Å². The predicted octanol–water partition coefficient (Wildman–Crippen LogP) is 3.25. The summed E-state index contributed by atoms with van der Waals surface area (Å²) in [4.78, 5) is 11.4. The normalized spacial score (nSPS) is 9.95. The van der Waals surface area contributed by atoms with Crippen LogP contribution in [0.1, 0.15) is 11.1 Å². The van der Waals surface area contributed by atoms with Crippen molar-refractivity contribution in [2.24, 2.45) is 0 Å². The Morgan fingerprint density at radius 2 is 1.79 bits per heavy atom. The molecule has 0 saturated heterocycles. The lowest BCUT2D eigenvalue weighted by molar-refractivity contribution is 0.139. The minimum atomic E-state index is -0.520. The fraction of sp³-hybridized carbons (Fsp3) is 0.133. The number of halogens is 1. The lowest BCUT2D eigenvalue weighted by atomic mass is 10.2. The number of carbonyl (C=O) groups is 1. The maximum absolute atomic E-state index is 12.9. The number of hydrogen-bond acceptors (Lipinski definition) is 2. The van der Waals surface area contributed by atoms with E-state index in [2.05, 4.69) is 5.32 Å². The Balaban J connectivity index is 1.76. The number of alkyl carbamates (subject to hydrolysis) is 1. The Hall–Kier alpha value is -2.36. The topological polar surface area (TPSA) is 38.3 Å². The van der Waals surface area contributed by atoms with E-state index in [4.69, 9.17) is 4.74 Å². The van der Waals surface area contributed by atoms with Crippen LogP contribution in [0.15, 0.2) is 54.6 Å². The molecule has 19 heavy (non-hydrogen) atoms. The van der Waals surface area contributed by atoms with Gasteiger partial charge in [0.15, 0.2) is 0 Å². The summed E-state index contributed by atoms with van der Waals surface area (Å²) in [5, 5.41) is 2.57. The summed E-state index contributed by atoms with van der Waals surface area (Å²) < 4.78 is 18.0. The highest BCUT2D eigenvalue weighted by atomic mass is 19.1. The first-order chi connectivity index (χ1) is 9.24. The molecule has 0 spiro atoms. The molecule has 0 aliphatic rings. The van der Waals surface area contributed by atoms with Crippen molar-refractivity contribution < 1.29 is 13.9 Å². The lowest BCUT2D eigenvalue weighted by Crippen LogP contribution is -2.23. The van der Waals surface area contributed by atoms with Crippen LogP contribution in [0.4, 0.5) is 9.18 Å². The number of nitrogens with one attached hydrogen (secondary N) is 1. The highest BCUT2D eigenvalue weighted by Crippen LogP contribution is 2.04. The van der Waals surface area contributed by atoms with E-state index >= 15 is 0 Å². The van der Waals surface area contributed by atoms with Crippen LogP contribution in [0, 0.1) is 5.82 Å². The Bertz CT molecular complexity index is 543. The summed E-state index contributed by atoms with van der Waals surface area (Å²) in [5.41, 5.74) is 1.61. The standard InChI is InChI=1S/C15H14FNO2/c16-14-8-4-7-13(9-14)10-17-15(18)19-11-12-5-2-1-3-6-12/h1-9H,10-11H2,(H,17,18). The molecule has 0 atom stereocenters. The summed E-state index contributed by atoms with van der Waals surface area (Å²) in [6, 6.07) is 15.5. The summed E-state index contributed by atoms with van der Waals surface area (Å²) >= 11 is 0. The maximum atomic E-state index is 12.9. The summed E-state index contributed by atoms with van der Waals surface area (Å²) in [6.07, 6.45) is -0.520. The highest BCUT2D eigenvalue weighted by Gasteiger charge is 2.03. The van der Waals surface area contributed by atoms with E-state index in [9.17, 15) is 9.18 Å². The first-order valence-electron chi connectivity index (χ1n) is 5.93. The molecule has 4 heteroatoms. The average Bonchev–Trinajstić information content (AvgIpc) is 2.44. The SMILES string of the molecule is O=C(NCc1cccc(F)c1)OCc1ccccc1. The number of amides is 1. The third kappa shape index (κ3) is 4.43. The van der Waals surface area contributed by atoms with Crippen molar-refractivity contribution in [2.75, 3.05) is 0 Å². The molecule has 0 fully saturated rings. The third-order valence-corrected chi connectivity index (χ3v) is 2.54. The molecule has 0 aliphatic heterocycles. The van der Waals surface area contributed by atoms with Gasteiger partial charge in [-0.2, -0.15) is 0 Å². The van der Waals surface area contributed by atoms with Gasteiger partial charge < -0.3 is 10.1 Å². The number of carbonyl (C=O) groups excluding carboxylic acids is 1. The quantitative estimate of drug-likeness (QED) is 0.915. The largest absolute Gasteiger partial charge is 0.445 e. The van der Waals surface area contributed by atoms with E-state index in [1.807, 2.05) is 30.3 Å². The molecular formula is C15H14FNO2. The molecule has 3 nitrogen and oxygen atoms in total. The van der Waals surface area contributed by atoms with Crippen LogP contribution in [0.3, 0.4) is 0 Å². The van der Waals surface area contributed by atoms with Crippen molar-refractivity contribution in [3.05, 3.63) is 71.5 Å². The van der Waals surface area contributed by atoms with Crippen LogP contribution in [0.5, 0.6) is 0 Å². The molecule has 1 amide bonds. The van der Waals surface area contributed by atoms with Crippen LogP contribution in [-0.2, 0) is 17.9 Å². The van der Waals surface area contributed by atoms with Crippen molar-refractivity contribution in [1.82, 2.24) is 5.32 Å². The zero-order chi connectivity index (χ0) is 13.5. The molecule has 0 heterocycles. The van der Waals surface area contributed by atoms with Gasteiger partial charge in [0.1, 0.15) is 12.4 Å². The van der Waals surface area contributed by atoms with Crippen LogP contribution in [0.2, 0.25) is 0 Å². The molecule has 0 bridgehead atoms. The molecule has 1 N–H and O–H groups in total. The van der Waals surface area contributed by atoms with Gasteiger partial charge in [0.05, 0.1) is 0 Å². The Morgan fingerprint density at radius 1 is 1.05 bits per heavy atom. The van der Waals surface area contributed by atoms with Gasteiger partial charge in [-0.05, 0) is 23.3 Å². The van der Waals surface area contributed by atoms with E-state index < -0.39 is 6.09 Å². The minimum Gasteiger partial charge on any atom is -0.445 e. The van der Waals surface area contributed by atoms with Crippen molar-refractivity contribution in [2.45, 2.75) is 13.2 Å². The zero-order valence-electron chi connectivity index (χ0n) is 10.3. The molecule has 0 radical (unpaired) electrons. The zero-order valence-corrected chi connectivity index (χ0v) is 10.3. The second kappa shape index (κ2) is 6.54. The Kier molecular flexibility index (Phi) is 4.50. The fourth-order valence-corrected chi connectivity index (χ4v) is 1.60. The van der Waals surface area contributed by atoms with E-state index in [0.29, 0.717) is 5.56 Å². The van der Waals surface area contributed by atoms with Gasteiger partial charge in [-0.3, -0.25) is 0 Å². The molecule has 2 rings (SSSR count). The molecular weight excluding hydrogens is 245 g/mol. The highest BCUT2D eigenvalue weighted by molar-refractivity contribution is 5.67. The monoisotopic (exact) mass is 259 g/mol. The number of rotatable bonds is 4. The van der Waals surface area contributed by atoms with Crippen LogP contribution in [0.25, 0.3) is 0 Å². The molecule has 2 aromatic carbocycles. The van der Waals surface area contributed by atoms with Gasteiger partial charge in [-0.1, -0.05) is 42.5 Å². The Morgan fingerprint density at radius 3 is 2.53 bits per heavy atom. The second-order valence-corrected chi connectivity index (χ2v) is 4.05. The predicted molar refractivity (Wildman–Crippen MR) is 69.9 cm³/mol. The third-order valence-electron chi connectivity index (χ3n) is 2.54. The van der Waals surface area contributed by atoms with Crippen molar-refractivity contribution in [1.29, 1.82) is 0 Å². The van der Waals surface area contributed by atoms with Gasteiger partial charge >= 0.3 is 6.09 Å². The minimum absolute atomic E-state index is 0.218. The summed E-state index contributed by atoms with van der Waals surface area (Å²) in [5.74, 6) is -0.322.